The van der Waals surface area contributed by atoms with E-state index >= 15 is 0 Å². The third kappa shape index (κ3) is 4.08. The van der Waals surface area contributed by atoms with E-state index in [1.165, 1.54) is 0 Å². The van der Waals surface area contributed by atoms with Gasteiger partial charge in [-0.2, -0.15) is 0 Å². The molecule has 0 spiro atoms. The topological polar surface area (TPSA) is 70.7 Å². The number of nitrogens with one attached hydrogen (secondary N) is 2. The molecule has 0 bridgehead atoms. The van der Waals surface area contributed by atoms with Crippen LogP contribution < -0.4 is 20.3 Å². The maximum absolute atomic E-state index is 12.3. The highest BCUT2D eigenvalue weighted by atomic mass is 35.5. The lowest BCUT2D eigenvalue weighted by Gasteiger charge is -2.18. The van der Waals surface area contributed by atoms with Crippen LogP contribution in [0.2, 0.25) is 5.02 Å². The molecule has 3 amide bonds. The molecule has 0 aromatic heterocycles. The van der Waals surface area contributed by atoms with E-state index in [2.05, 4.69) is 10.6 Å². The van der Waals surface area contributed by atoms with Gasteiger partial charge in [-0.1, -0.05) is 23.7 Å². The van der Waals surface area contributed by atoms with Crippen molar-refractivity contribution in [1.29, 1.82) is 0 Å². The first-order valence-electron chi connectivity index (χ1n) is 8.24. The first-order valence-corrected chi connectivity index (χ1v) is 8.62. The fraction of sp³-hybridized carbons (Fsp3) is 0.263. The molecule has 0 saturated carbocycles. The Kier molecular flexibility index (Phi) is 5.32. The van der Waals surface area contributed by atoms with Gasteiger partial charge in [-0.15, -0.1) is 0 Å². The van der Waals surface area contributed by atoms with Crippen molar-refractivity contribution in [2.24, 2.45) is 0 Å². The van der Waals surface area contributed by atoms with Crippen LogP contribution in [0.4, 0.5) is 16.2 Å². The van der Waals surface area contributed by atoms with Crippen molar-refractivity contribution in [2.45, 2.75) is 19.4 Å². The molecule has 2 aromatic carbocycles. The molecule has 6 nitrogen and oxygen atoms in total. The summed E-state index contributed by atoms with van der Waals surface area (Å²) in [6.07, 6.45) is 0.249. The Morgan fingerprint density at radius 3 is 2.85 bits per heavy atom. The third-order valence-electron chi connectivity index (χ3n) is 4.27. The normalized spacial score (nSPS) is 16.5. The van der Waals surface area contributed by atoms with E-state index in [-0.39, 0.29) is 24.4 Å². The molecule has 1 heterocycles. The number of anilines is 2. The van der Waals surface area contributed by atoms with Gasteiger partial charge < -0.3 is 20.3 Å². The van der Waals surface area contributed by atoms with E-state index in [1.807, 2.05) is 31.2 Å². The van der Waals surface area contributed by atoms with Crippen LogP contribution in [0.15, 0.2) is 42.5 Å². The van der Waals surface area contributed by atoms with Crippen molar-refractivity contribution < 1.29 is 14.3 Å². The number of carbonyl (C=O) groups is 2. The van der Waals surface area contributed by atoms with E-state index < -0.39 is 0 Å². The van der Waals surface area contributed by atoms with E-state index in [9.17, 15) is 9.59 Å². The summed E-state index contributed by atoms with van der Waals surface area (Å²) < 4.78 is 5.20. The number of carbonyl (C=O) groups excluding carboxylic acids is 2. The molecule has 2 N–H and O–H groups in total. The van der Waals surface area contributed by atoms with Crippen LogP contribution in [0.5, 0.6) is 5.75 Å². The molecule has 0 radical (unpaired) electrons. The zero-order valence-corrected chi connectivity index (χ0v) is 15.3. The second-order valence-electron chi connectivity index (χ2n) is 6.16. The predicted octanol–water partition coefficient (Wildman–Crippen LogP) is 3.58. The van der Waals surface area contributed by atoms with Gasteiger partial charge in [-0.3, -0.25) is 4.79 Å². The molecule has 7 heteroatoms. The summed E-state index contributed by atoms with van der Waals surface area (Å²) in [5, 5.41) is 6.17. The Morgan fingerprint density at radius 1 is 1.27 bits per heavy atom. The van der Waals surface area contributed by atoms with Crippen LogP contribution >= 0.6 is 11.6 Å². The lowest BCUT2D eigenvalue weighted by atomic mass is 10.2. The Hall–Kier alpha value is -2.73. The van der Waals surface area contributed by atoms with Gasteiger partial charge in [0.05, 0.1) is 13.2 Å². The average Bonchev–Trinajstić information content (AvgIpc) is 2.98. The quantitative estimate of drug-likeness (QED) is 0.860. The number of hydrogen-bond donors (Lipinski definition) is 2. The molecular formula is C19H20ClN3O3. The molecule has 1 atom stereocenters. The van der Waals surface area contributed by atoms with Crippen molar-refractivity contribution in [3.63, 3.8) is 0 Å². The number of amides is 3. The van der Waals surface area contributed by atoms with Crippen LogP contribution in [-0.2, 0) is 4.79 Å². The van der Waals surface area contributed by atoms with Crippen molar-refractivity contribution in [1.82, 2.24) is 5.32 Å². The Balaban J connectivity index is 1.63. The van der Waals surface area contributed by atoms with Crippen molar-refractivity contribution in [3.8, 4) is 5.75 Å². The first-order chi connectivity index (χ1) is 12.5. The number of nitrogens with zero attached hydrogens (tertiary/aromatic N) is 1. The lowest BCUT2D eigenvalue weighted by Crippen LogP contribution is -2.39. The van der Waals surface area contributed by atoms with Gasteiger partial charge in [0.25, 0.3) is 0 Å². The molecule has 1 fully saturated rings. The second-order valence-corrected chi connectivity index (χ2v) is 6.60. The van der Waals surface area contributed by atoms with Crippen molar-refractivity contribution in [2.75, 3.05) is 23.9 Å². The van der Waals surface area contributed by atoms with Crippen LogP contribution in [0, 0.1) is 6.92 Å². The molecule has 2 aromatic rings. The first kappa shape index (κ1) is 18.1. The molecule has 1 aliphatic heterocycles. The zero-order chi connectivity index (χ0) is 18.7. The summed E-state index contributed by atoms with van der Waals surface area (Å²) in [5.41, 5.74) is 2.30. The van der Waals surface area contributed by atoms with Gasteiger partial charge in [-0.05, 0) is 36.8 Å². The van der Waals surface area contributed by atoms with Crippen molar-refractivity contribution in [3.05, 3.63) is 53.1 Å². The Labute approximate surface area is 157 Å². The number of urea groups is 1. The molecule has 1 saturated heterocycles. The van der Waals surface area contributed by atoms with Crippen LogP contribution in [0.25, 0.3) is 0 Å². The monoisotopic (exact) mass is 373 g/mol. The summed E-state index contributed by atoms with van der Waals surface area (Å²) in [6.45, 7) is 2.30. The van der Waals surface area contributed by atoms with Crippen LogP contribution in [-0.4, -0.2) is 31.6 Å². The van der Waals surface area contributed by atoms with E-state index in [0.717, 1.165) is 11.3 Å². The Bertz CT molecular complexity index is 841. The Morgan fingerprint density at radius 2 is 2.08 bits per heavy atom. The van der Waals surface area contributed by atoms with E-state index in [4.69, 9.17) is 16.3 Å². The number of halogens is 1. The third-order valence-corrected chi connectivity index (χ3v) is 4.51. The minimum Gasteiger partial charge on any atom is -0.497 e. The van der Waals surface area contributed by atoms with Gasteiger partial charge in [0.1, 0.15) is 5.75 Å². The van der Waals surface area contributed by atoms with E-state index in [1.54, 1.807) is 30.2 Å². The average molecular weight is 374 g/mol. The highest BCUT2D eigenvalue weighted by molar-refractivity contribution is 6.31. The molecule has 1 aliphatic rings. The van der Waals surface area contributed by atoms with Gasteiger partial charge in [0.15, 0.2) is 0 Å². The molecule has 0 unspecified atom stereocenters. The number of aryl methyl sites for hydroxylation is 1. The smallest absolute Gasteiger partial charge is 0.319 e. The number of ether oxygens (including phenoxy) is 1. The van der Waals surface area contributed by atoms with Gasteiger partial charge >= 0.3 is 6.03 Å². The highest BCUT2D eigenvalue weighted by Gasteiger charge is 2.31. The predicted molar refractivity (Wildman–Crippen MR) is 102 cm³/mol. The summed E-state index contributed by atoms with van der Waals surface area (Å²) in [6, 6.07) is 12.0. The van der Waals surface area contributed by atoms with Crippen LogP contribution in [0.1, 0.15) is 12.0 Å². The largest absolute Gasteiger partial charge is 0.497 e. The highest BCUT2D eigenvalue weighted by Crippen LogP contribution is 2.25. The molecule has 136 valence electrons. The summed E-state index contributed by atoms with van der Waals surface area (Å²) in [4.78, 5) is 26.2. The molecule has 0 aliphatic carbocycles. The minimum absolute atomic E-state index is 0.0394. The zero-order valence-electron chi connectivity index (χ0n) is 14.6. The lowest BCUT2D eigenvalue weighted by molar-refractivity contribution is -0.117. The fourth-order valence-electron chi connectivity index (χ4n) is 2.90. The maximum Gasteiger partial charge on any atom is 0.319 e. The number of rotatable bonds is 4. The fourth-order valence-corrected chi connectivity index (χ4v) is 3.08. The number of methoxy groups -OCH3 is 1. The van der Waals surface area contributed by atoms with Gasteiger partial charge in [-0.25, -0.2) is 4.79 Å². The SMILES string of the molecule is COc1cccc(N2C[C@H](NC(=O)Nc3cc(Cl)ccc3C)CC2=O)c1. The maximum atomic E-state index is 12.3. The standard InChI is InChI=1S/C19H20ClN3O3/c1-12-6-7-13(20)8-17(12)22-19(25)21-14-9-18(24)23(11-14)15-4-3-5-16(10-15)26-2/h3-8,10,14H,9,11H2,1-2H3,(H2,21,22,25)/t14-/m1/s1. The second kappa shape index (κ2) is 7.66. The minimum atomic E-state index is -0.361. The van der Waals surface area contributed by atoms with Crippen LogP contribution in [0.3, 0.4) is 0 Å². The molecular weight excluding hydrogens is 354 g/mol. The van der Waals surface area contributed by atoms with Crippen molar-refractivity contribution >= 4 is 34.9 Å². The van der Waals surface area contributed by atoms with Gasteiger partial charge in [0, 0.05) is 35.4 Å². The summed E-state index contributed by atoms with van der Waals surface area (Å²) in [5.74, 6) is 0.642. The molecule has 26 heavy (non-hydrogen) atoms. The number of benzene rings is 2. The van der Waals surface area contributed by atoms with E-state index in [0.29, 0.717) is 23.0 Å². The summed E-state index contributed by atoms with van der Waals surface area (Å²) >= 11 is 5.97. The molecule has 3 rings (SSSR count). The van der Waals surface area contributed by atoms with Gasteiger partial charge in [0.2, 0.25) is 5.91 Å². The number of hydrogen-bond acceptors (Lipinski definition) is 3. The summed E-state index contributed by atoms with van der Waals surface area (Å²) in [7, 11) is 1.58.